The largest absolute Gasteiger partial charge is 0.371 e. The molecule has 0 aliphatic heterocycles. The molecule has 1 aromatic heterocycles. The van der Waals surface area contributed by atoms with E-state index in [1.807, 2.05) is 37.4 Å². The van der Waals surface area contributed by atoms with E-state index < -0.39 is 0 Å². The lowest BCUT2D eigenvalue weighted by atomic mass is 10.1. The molecule has 0 amide bonds. The van der Waals surface area contributed by atoms with Crippen LogP contribution in [0.25, 0.3) is 0 Å². The first-order chi connectivity index (χ1) is 12.9. The van der Waals surface area contributed by atoms with E-state index in [-0.39, 0.29) is 0 Å². The quantitative estimate of drug-likeness (QED) is 0.390. The molecule has 2 N–H and O–H groups in total. The smallest absolute Gasteiger partial charge is 0.154 e. The molecule has 0 radical (unpaired) electrons. The topological polar surface area (TPSA) is 52.6 Å². The average Bonchev–Trinajstić information content (AvgIpc) is 2.62. The summed E-state index contributed by atoms with van der Waals surface area (Å²) in [5.41, 5.74) is 1.79. The number of aromatic nitrogens is 1. The van der Waals surface area contributed by atoms with Crippen LogP contribution >= 0.6 is 15.9 Å². The van der Waals surface area contributed by atoms with Gasteiger partial charge in [-0.1, -0.05) is 43.6 Å². The summed E-state index contributed by atoms with van der Waals surface area (Å²) in [4.78, 5) is 11.7. The molecule has 0 atom stereocenters. The van der Waals surface area contributed by atoms with Crippen LogP contribution in [0.2, 0.25) is 0 Å². The van der Waals surface area contributed by atoms with E-state index >= 15 is 0 Å². The summed E-state index contributed by atoms with van der Waals surface area (Å²) in [6.07, 6.45) is 1.70. The first-order valence-corrected chi connectivity index (χ1v) is 10.2. The maximum atomic E-state index is 4.80. The number of anilines is 3. The van der Waals surface area contributed by atoms with Gasteiger partial charge in [-0.15, -0.1) is 0 Å². The van der Waals surface area contributed by atoms with Crippen molar-refractivity contribution in [3.8, 4) is 0 Å². The lowest BCUT2D eigenvalue weighted by Crippen LogP contribution is -2.32. The summed E-state index contributed by atoms with van der Waals surface area (Å²) in [5.74, 6) is 2.92. The SMILES string of the molecule is CNc1nc(N(CC(C)C)CC(C)C)ccc1N=CNc1ccc(Br)cc1. The highest BCUT2D eigenvalue weighted by Crippen LogP contribution is 2.26. The molecular weight excluding hydrogens is 402 g/mol. The molecule has 5 nitrogen and oxygen atoms in total. The fourth-order valence-electron chi connectivity index (χ4n) is 2.77. The highest BCUT2D eigenvalue weighted by molar-refractivity contribution is 9.10. The van der Waals surface area contributed by atoms with Crippen LogP contribution in [-0.2, 0) is 0 Å². The van der Waals surface area contributed by atoms with Crippen LogP contribution in [0.5, 0.6) is 0 Å². The Balaban J connectivity index is 2.16. The first kappa shape index (κ1) is 21.2. The van der Waals surface area contributed by atoms with Gasteiger partial charge in [0.05, 0.1) is 6.34 Å². The van der Waals surface area contributed by atoms with Gasteiger partial charge in [0.2, 0.25) is 0 Å². The van der Waals surface area contributed by atoms with Crippen molar-refractivity contribution in [3.05, 3.63) is 40.9 Å². The Morgan fingerprint density at radius 2 is 1.67 bits per heavy atom. The molecule has 146 valence electrons. The normalized spacial score (nSPS) is 11.4. The predicted octanol–water partition coefficient (Wildman–Crippen LogP) is 5.78. The number of aliphatic imine (C=N–C) groups is 1. The van der Waals surface area contributed by atoms with Crippen LogP contribution in [0.4, 0.5) is 23.0 Å². The van der Waals surface area contributed by atoms with Crippen LogP contribution in [0, 0.1) is 11.8 Å². The number of halogens is 1. The van der Waals surface area contributed by atoms with Crippen LogP contribution in [0.15, 0.2) is 45.9 Å². The Labute approximate surface area is 171 Å². The summed E-state index contributed by atoms with van der Waals surface area (Å²) in [6, 6.07) is 12.0. The third-order valence-corrected chi connectivity index (χ3v) is 4.40. The summed E-state index contributed by atoms with van der Waals surface area (Å²) in [5, 5.41) is 6.35. The number of nitrogens with one attached hydrogen (secondary N) is 2. The molecule has 0 saturated carbocycles. The average molecular weight is 432 g/mol. The second-order valence-electron chi connectivity index (χ2n) is 7.39. The molecule has 0 unspecified atom stereocenters. The van der Waals surface area contributed by atoms with Gasteiger partial charge < -0.3 is 15.5 Å². The number of rotatable bonds is 9. The molecule has 0 spiro atoms. The molecule has 27 heavy (non-hydrogen) atoms. The molecule has 1 heterocycles. The van der Waals surface area contributed by atoms with Gasteiger partial charge in [-0.2, -0.15) is 0 Å². The van der Waals surface area contributed by atoms with Crippen LogP contribution in [-0.4, -0.2) is 31.5 Å². The molecule has 0 aliphatic carbocycles. The number of hydrogen-bond acceptors (Lipinski definition) is 4. The van der Waals surface area contributed by atoms with E-state index in [1.54, 1.807) is 6.34 Å². The fraction of sp³-hybridized carbons (Fsp3) is 0.429. The molecular formula is C21H30BrN5. The minimum atomic E-state index is 0.580. The van der Waals surface area contributed by atoms with Gasteiger partial charge in [0.15, 0.2) is 5.82 Å². The van der Waals surface area contributed by atoms with Crippen molar-refractivity contribution in [1.29, 1.82) is 0 Å². The second-order valence-corrected chi connectivity index (χ2v) is 8.30. The fourth-order valence-corrected chi connectivity index (χ4v) is 3.04. The van der Waals surface area contributed by atoms with Crippen molar-refractivity contribution >= 4 is 45.3 Å². The molecule has 2 aromatic rings. The first-order valence-electron chi connectivity index (χ1n) is 9.37. The monoisotopic (exact) mass is 431 g/mol. The summed E-state index contributed by atoms with van der Waals surface area (Å²) in [6.45, 7) is 10.9. The van der Waals surface area contributed by atoms with Gasteiger partial charge >= 0.3 is 0 Å². The minimum absolute atomic E-state index is 0.580. The Morgan fingerprint density at radius 3 is 2.22 bits per heavy atom. The highest BCUT2D eigenvalue weighted by atomic mass is 79.9. The molecule has 2 rings (SSSR count). The lowest BCUT2D eigenvalue weighted by molar-refractivity contribution is 0.549. The van der Waals surface area contributed by atoms with Gasteiger partial charge in [-0.05, 0) is 48.2 Å². The minimum Gasteiger partial charge on any atom is -0.371 e. The standard InChI is InChI=1S/C21H30BrN5/c1-15(2)12-27(13-16(3)4)20-11-10-19(21(23-5)26-20)25-14-24-18-8-6-17(22)7-9-18/h6-11,14-16H,12-13H2,1-5H3,(H,23,26)(H,24,25). The van der Waals surface area contributed by atoms with E-state index in [2.05, 4.69) is 70.2 Å². The zero-order valence-electron chi connectivity index (χ0n) is 16.8. The van der Waals surface area contributed by atoms with Crippen molar-refractivity contribution in [1.82, 2.24) is 4.98 Å². The van der Waals surface area contributed by atoms with Gasteiger partial charge in [0.25, 0.3) is 0 Å². The number of nitrogens with zero attached hydrogens (tertiary/aromatic N) is 3. The van der Waals surface area contributed by atoms with Crippen molar-refractivity contribution < 1.29 is 0 Å². The van der Waals surface area contributed by atoms with E-state index in [0.717, 1.165) is 40.6 Å². The maximum absolute atomic E-state index is 4.80. The van der Waals surface area contributed by atoms with E-state index in [1.165, 1.54) is 0 Å². The van der Waals surface area contributed by atoms with Gasteiger partial charge in [0.1, 0.15) is 11.5 Å². The van der Waals surface area contributed by atoms with Crippen LogP contribution in [0.3, 0.4) is 0 Å². The zero-order chi connectivity index (χ0) is 19.8. The summed E-state index contributed by atoms with van der Waals surface area (Å²) in [7, 11) is 1.88. The van der Waals surface area contributed by atoms with Gasteiger partial charge in [-0.3, -0.25) is 0 Å². The maximum Gasteiger partial charge on any atom is 0.154 e. The van der Waals surface area contributed by atoms with Crippen LogP contribution in [0.1, 0.15) is 27.7 Å². The Morgan fingerprint density at radius 1 is 1.04 bits per heavy atom. The molecule has 0 saturated heterocycles. The van der Waals surface area contributed by atoms with Gasteiger partial charge in [0, 0.05) is 30.3 Å². The van der Waals surface area contributed by atoms with Gasteiger partial charge in [-0.25, -0.2) is 9.98 Å². The Hall–Kier alpha value is -2.08. The second kappa shape index (κ2) is 10.3. The van der Waals surface area contributed by atoms with E-state index in [4.69, 9.17) is 4.98 Å². The number of pyridine rings is 1. The molecule has 0 fully saturated rings. The number of hydrogen-bond donors (Lipinski definition) is 2. The Bertz CT molecular complexity index is 731. The predicted molar refractivity (Wildman–Crippen MR) is 122 cm³/mol. The molecule has 1 aromatic carbocycles. The Kier molecular flexibility index (Phi) is 8.10. The van der Waals surface area contributed by atoms with Crippen molar-refractivity contribution in [2.75, 3.05) is 35.7 Å². The van der Waals surface area contributed by atoms with Crippen molar-refractivity contribution in [2.45, 2.75) is 27.7 Å². The van der Waals surface area contributed by atoms with Crippen molar-refractivity contribution in [2.24, 2.45) is 16.8 Å². The summed E-state index contributed by atoms with van der Waals surface area (Å²) >= 11 is 3.44. The third kappa shape index (κ3) is 6.86. The third-order valence-electron chi connectivity index (χ3n) is 3.87. The molecule has 6 heteroatoms. The highest BCUT2D eigenvalue weighted by Gasteiger charge is 2.13. The molecule has 0 bridgehead atoms. The zero-order valence-corrected chi connectivity index (χ0v) is 18.4. The lowest BCUT2D eigenvalue weighted by Gasteiger charge is -2.28. The van der Waals surface area contributed by atoms with Crippen LogP contribution < -0.4 is 15.5 Å². The van der Waals surface area contributed by atoms with E-state index in [0.29, 0.717) is 11.8 Å². The summed E-state index contributed by atoms with van der Waals surface area (Å²) < 4.78 is 1.05. The van der Waals surface area contributed by atoms with E-state index in [9.17, 15) is 0 Å². The molecule has 0 aliphatic rings. The van der Waals surface area contributed by atoms with Crippen molar-refractivity contribution in [3.63, 3.8) is 0 Å². The number of benzene rings is 1.